The normalized spacial score (nSPS) is 13.4. The van der Waals surface area contributed by atoms with Crippen molar-refractivity contribution in [3.8, 4) is 16.2 Å². The van der Waals surface area contributed by atoms with Crippen molar-refractivity contribution in [1.29, 1.82) is 0 Å². The number of aryl methyl sites for hydroxylation is 1. The summed E-state index contributed by atoms with van der Waals surface area (Å²) in [5, 5.41) is 2.58. The fraction of sp³-hybridized carbons (Fsp3) is 0.292. The molecule has 1 aliphatic carbocycles. The van der Waals surface area contributed by atoms with Gasteiger partial charge in [0.25, 0.3) is 5.56 Å². The van der Waals surface area contributed by atoms with Gasteiger partial charge in [-0.15, -0.1) is 22.7 Å². The summed E-state index contributed by atoms with van der Waals surface area (Å²) in [5.41, 5.74) is 1.78. The maximum Gasteiger partial charge on any atom is 0.263 e. The van der Waals surface area contributed by atoms with Crippen molar-refractivity contribution in [2.45, 2.75) is 38.9 Å². The first-order chi connectivity index (χ1) is 15.5. The van der Waals surface area contributed by atoms with Gasteiger partial charge in [0, 0.05) is 33.3 Å². The summed E-state index contributed by atoms with van der Waals surface area (Å²) in [5.74, 6) is 0.729. The van der Waals surface area contributed by atoms with Gasteiger partial charge in [-0.25, -0.2) is 4.98 Å². The van der Waals surface area contributed by atoms with Gasteiger partial charge < -0.3 is 9.64 Å². The van der Waals surface area contributed by atoms with Gasteiger partial charge in [-0.05, 0) is 49.6 Å². The Balaban J connectivity index is 1.41. The fourth-order valence-electron chi connectivity index (χ4n) is 3.81. The zero-order valence-corrected chi connectivity index (χ0v) is 19.5. The molecule has 0 bridgehead atoms. The number of ether oxygens (including phenoxy) is 1. The number of hydrogen-bond acceptors (Lipinski definition) is 6. The molecule has 1 aliphatic rings. The van der Waals surface area contributed by atoms with Crippen LogP contribution < -0.4 is 10.3 Å². The molecule has 0 spiro atoms. The first-order valence-corrected chi connectivity index (χ1v) is 12.2. The maximum absolute atomic E-state index is 13.3. The van der Waals surface area contributed by atoms with Crippen LogP contribution in [0, 0.1) is 6.92 Å². The van der Waals surface area contributed by atoms with Crippen molar-refractivity contribution in [2.24, 2.45) is 0 Å². The summed E-state index contributed by atoms with van der Waals surface area (Å²) in [6.07, 6.45) is 3.50. The van der Waals surface area contributed by atoms with E-state index in [0.29, 0.717) is 16.8 Å². The molecule has 0 radical (unpaired) electrons. The average molecular weight is 466 g/mol. The molecule has 0 N–H and O–H groups in total. The number of rotatable bonds is 7. The third kappa shape index (κ3) is 4.08. The standard InChI is InChI=1S/C24H23N3O3S2/c1-15-3-10-20(32-15)19-13-31-23-22(19)24(29)26(14-25-23)12-21(28)27(17-6-7-17)11-16-4-8-18(30-2)9-5-16/h3-5,8-10,13-14,17H,6-7,11-12H2,1-2H3. The number of hydrogen-bond donors (Lipinski definition) is 0. The Labute approximate surface area is 193 Å². The molecule has 1 amide bonds. The topological polar surface area (TPSA) is 64.4 Å². The number of methoxy groups -OCH3 is 1. The van der Waals surface area contributed by atoms with Gasteiger partial charge in [0.15, 0.2) is 0 Å². The highest BCUT2D eigenvalue weighted by atomic mass is 32.1. The zero-order chi connectivity index (χ0) is 22.2. The lowest BCUT2D eigenvalue weighted by atomic mass is 10.2. The Hall–Kier alpha value is -2.97. The lowest BCUT2D eigenvalue weighted by Crippen LogP contribution is -2.37. The van der Waals surface area contributed by atoms with E-state index in [1.54, 1.807) is 18.4 Å². The largest absolute Gasteiger partial charge is 0.497 e. The molecule has 1 fully saturated rings. The monoisotopic (exact) mass is 465 g/mol. The first kappa shape index (κ1) is 20.9. The number of carbonyl (C=O) groups excluding carboxylic acids is 1. The molecule has 8 heteroatoms. The SMILES string of the molecule is COc1ccc(CN(C(=O)Cn2cnc3scc(-c4ccc(C)s4)c3c2=O)C2CC2)cc1. The predicted molar refractivity (Wildman–Crippen MR) is 128 cm³/mol. The summed E-state index contributed by atoms with van der Waals surface area (Å²) in [6.45, 7) is 2.57. The van der Waals surface area contributed by atoms with Crippen LogP contribution in [0.25, 0.3) is 20.7 Å². The van der Waals surface area contributed by atoms with Gasteiger partial charge in [0.2, 0.25) is 5.91 Å². The highest BCUT2D eigenvalue weighted by Gasteiger charge is 2.32. The Morgan fingerprint density at radius 1 is 1.22 bits per heavy atom. The first-order valence-electron chi connectivity index (χ1n) is 10.5. The van der Waals surface area contributed by atoms with Gasteiger partial charge in [-0.2, -0.15) is 0 Å². The molecule has 1 aromatic carbocycles. The van der Waals surface area contributed by atoms with Gasteiger partial charge in [0.1, 0.15) is 17.1 Å². The minimum atomic E-state index is -0.161. The molecule has 0 unspecified atom stereocenters. The second kappa shape index (κ2) is 8.52. The molecular weight excluding hydrogens is 442 g/mol. The van der Waals surface area contributed by atoms with Gasteiger partial charge in [-0.3, -0.25) is 14.2 Å². The zero-order valence-electron chi connectivity index (χ0n) is 17.9. The molecule has 1 saturated carbocycles. The number of benzene rings is 1. The van der Waals surface area contributed by atoms with Crippen LogP contribution in [0.15, 0.2) is 52.9 Å². The van der Waals surface area contributed by atoms with E-state index in [4.69, 9.17) is 4.74 Å². The van der Waals surface area contributed by atoms with Crippen LogP contribution in [-0.2, 0) is 17.9 Å². The summed E-state index contributed by atoms with van der Waals surface area (Å²) in [4.78, 5) is 35.8. The minimum Gasteiger partial charge on any atom is -0.497 e. The molecule has 32 heavy (non-hydrogen) atoms. The summed E-state index contributed by atoms with van der Waals surface area (Å²) >= 11 is 3.12. The van der Waals surface area contributed by atoms with Crippen molar-refractivity contribution in [3.05, 3.63) is 68.9 Å². The maximum atomic E-state index is 13.3. The second-order valence-corrected chi connectivity index (χ2v) is 10.2. The van der Waals surface area contributed by atoms with E-state index in [0.717, 1.165) is 34.6 Å². The third-order valence-corrected chi connectivity index (χ3v) is 7.61. The Bertz CT molecular complexity index is 1330. The molecule has 0 aliphatic heterocycles. The lowest BCUT2D eigenvalue weighted by molar-refractivity contribution is -0.133. The van der Waals surface area contributed by atoms with Gasteiger partial charge in [-0.1, -0.05) is 12.1 Å². The van der Waals surface area contributed by atoms with E-state index in [1.807, 2.05) is 47.5 Å². The molecule has 3 aromatic heterocycles. The number of nitrogens with zero attached hydrogens (tertiary/aromatic N) is 3. The molecule has 4 aromatic rings. The molecule has 164 valence electrons. The highest BCUT2D eigenvalue weighted by Crippen LogP contribution is 2.35. The smallest absolute Gasteiger partial charge is 0.263 e. The van der Waals surface area contributed by atoms with Crippen LogP contribution in [0.2, 0.25) is 0 Å². The van der Waals surface area contributed by atoms with E-state index < -0.39 is 0 Å². The van der Waals surface area contributed by atoms with Crippen molar-refractivity contribution < 1.29 is 9.53 Å². The van der Waals surface area contributed by atoms with E-state index in [2.05, 4.69) is 11.1 Å². The fourth-order valence-corrected chi connectivity index (χ4v) is 5.67. The lowest BCUT2D eigenvalue weighted by Gasteiger charge is -2.23. The quantitative estimate of drug-likeness (QED) is 0.397. The van der Waals surface area contributed by atoms with Gasteiger partial charge in [0.05, 0.1) is 18.8 Å². The van der Waals surface area contributed by atoms with Crippen LogP contribution in [0.3, 0.4) is 0 Å². The number of amides is 1. The Morgan fingerprint density at radius 3 is 2.66 bits per heavy atom. The van der Waals surface area contributed by atoms with Gasteiger partial charge >= 0.3 is 0 Å². The number of carbonyl (C=O) groups is 1. The average Bonchev–Trinajstić information content (AvgIpc) is 3.40. The predicted octanol–water partition coefficient (Wildman–Crippen LogP) is 4.69. The van der Waals surface area contributed by atoms with E-state index in [-0.39, 0.29) is 24.1 Å². The number of fused-ring (bicyclic) bond motifs is 1. The van der Waals surface area contributed by atoms with Crippen molar-refractivity contribution in [2.75, 3.05) is 7.11 Å². The van der Waals surface area contributed by atoms with Crippen molar-refractivity contribution >= 4 is 38.8 Å². The van der Waals surface area contributed by atoms with E-state index in [9.17, 15) is 9.59 Å². The molecular formula is C24H23N3O3S2. The molecule has 3 heterocycles. The van der Waals surface area contributed by atoms with Crippen molar-refractivity contribution in [3.63, 3.8) is 0 Å². The van der Waals surface area contributed by atoms with Crippen LogP contribution in [0.5, 0.6) is 5.75 Å². The summed E-state index contributed by atoms with van der Waals surface area (Å²) < 4.78 is 6.67. The van der Waals surface area contributed by atoms with Crippen LogP contribution in [-0.4, -0.2) is 33.5 Å². The van der Waals surface area contributed by atoms with Crippen LogP contribution in [0.1, 0.15) is 23.3 Å². The minimum absolute atomic E-state index is 0.00676. The number of aromatic nitrogens is 2. The third-order valence-electron chi connectivity index (χ3n) is 5.69. The van der Waals surface area contributed by atoms with Crippen molar-refractivity contribution in [1.82, 2.24) is 14.5 Å². The van der Waals surface area contributed by atoms with Crippen LogP contribution in [0.4, 0.5) is 0 Å². The molecule has 5 rings (SSSR count). The molecule has 0 atom stereocenters. The molecule has 6 nitrogen and oxygen atoms in total. The second-order valence-electron chi connectivity index (χ2n) is 8.02. The Kier molecular flexibility index (Phi) is 5.57. The van der Waals surface area contributed by atoms with E-state index >= 15 is 0 Å². The van der Waals surface area contributed by atoms with E-state index in [1.165, 1.54) is 27.1 Å². The summed E-state index contributed by atoms with van der Waals surface area (Å²) in [6, 6.07) is 12.1. The molecule has 0 saturated heterocycles. The Morgan fingerprint density at radius 2 is 2.00 bits per heavy atom. The highest BCUT2D eigenvalue weighted by molar-refractivity contribution is 7.19. The number of thiophene rings is 2. The summed E-state index contributed by atoms with van der Waals surface area (Å²) in [7, 11) is 1.64. The van der Waals surface area contributed by atoms with Crippen LogP contribution >= 0.6 is 22.7 Å².